The van der Waals surface area contributed by atoms with Crippen LogP contribution in [-0.2, 0) is 0 Å². The molecular weight excluding hydrogens is 773 g/mol. The summed E-state index contributed by atoms with van der Waals surface area (Å²) in [4.78, 5) is 16.1. The summed E-state index contributed by atoms with van der Waals surface area (Å²) < 4.78 is 15.2. The fourth-order valence-electron chi connectivity index (χ4n) is 9.30. The molecule has 294 valence electrons. The zero-order valence-electron chi connectivity index (χ0n) is 33.7. The van der Waals surface area contributed by atoms with Crippen LogP contribution in [-0.4, -0.2) is 19.5 Å². The van der Waals surface area contributed by atoms with Crippen molar-refractivity contribution >= 4 is 65.7 Å². The van der Waals surface area contributed by atoms with Crippen molar-refractivity contribution < 1.29 is 8.83 Å². The number of hydrogen-bond acceptors (Lipinski definition) is 5. The van der Waals surface area contributed by atoms with Crippen LogP contribution in [0.15, 0.2) is 215 Å². The summed E-state index contributed by atoms with van der Waals surface area (Å²) in [5.74, 6) is 1.58. The van der Waals surface area contributed by atoms with Crippen LogP contribution < -0.4 is 0 Å². The minimum absolute atomic E-state index is 0.499. The Labute approximate surface area is 361 Å². The molecule has 4 heterocycles. The van der Waals surface area contributed by atoms with E-state index in [0.717, 1.165) is 110 Å². The smallest absolute Gasteiger partial charge is 0.238 e. The zero-order valence-corrected chi connectivity index (χ0v) is 33.7. The van der Waals surface area contributed by atoms with Crippen molar-refractivity contribution in [2.24, 2.45) is 0 Å². The molecule has 6 heteroatoms. The lowest BCUT2D eigenvalue weighted by molar-refractivity contribution is 0.668. The Morgan fingerprint density at radius 2 is 0.889 bits per heavy atom. The Bertz CT molecular complexity index is 3850. The molecule has 0 N–H and O–H groups in total. The minimum atomic E-state index is 0.499. The number of benzene rings is 9. The minimum Gasteiger partial charge on any atom is -0.456 e. The van der Waals surface area contributed by atoms with Crippen LogP contribution in [0.1, 0.15) is 0 Å². The topological polar surface area (TPSA) is 69.9 Å². The van der Waals surface area contributed by atoms with E-state index in [0.29, 0.717) is 17.6 Å². The number of fused-ring (bicyclic) bond motifs is 9. The maximum atomic E-state index is 6.62. The van der Waals surface area contributed by atoms with Gasteiger partial charge in [-0.25, -0.2) is 4.98 Å². The first kappa shape index (κ1) is 35.2. The number of hydrogen-bond donors (Lipinski definition) is 0. The van der Waals surface area contributed by atoms with Gasteiger partial charge in [0.1, 0.15) is 22.3 Å². The van der Waals surface area contributed by atoms with Gasteiger partial charge in [0.2, 0.25) is 5.95 Å². The molecule has 0 bridgehead atoms. The number of rotatable bonds is 6. The van der Waals surface area contributed by atoms with Gasteiger partial charge in [-0.1, -0.05) is 146 Å². The first-order valence-electron chi connectivity index (χ1n) is 21.1. The maximum Gasteiger partial charge on any atom is 0.238 e. The molecule has 0 spiro atoms. The SMILES string of the molecule is c1ccc(-c2cc(-c3ccccc3)cc(-c3nc(-c4ccc5c(c4)oc4cccc(-c6ccccc6)c45)nc(-n4c5ccccc5c5cc6c(cc54)oc4ccccc46)n3)c2)cc1. The van der Waals surface area contributed by atoms with Crippen molar-refractivity contribution in [3.05, 3.63) is 206 Å². The molecule has 0 aliphatic rings. The highest BCUT2D eigenvalue weighted by Gasteiger charge is 2.22. The van der Waals surface area contributed by atoms with Crippen molar-refractivity contribution in [3.63, 3.8) is 0 Å². The van der Waals surface area contributed by atoms with Crippen LogP contribution in [0.4, 0.5) is 0 Å². The first-order valence-corrected chi connectivity index (χ1v) is 21.1. The quantitative estimate of drug-likeness (QED) is 0.167. The van der Waals surface area contributed by atoms with Crippen molar-refractivity contribution in [2.45, 2.75) is 0 Å². The van der Waals surface area contributed by atoms with Crippen LogP contribution in [0.5, 0.6) is 0 Å². The molecule has 13 aromatic rings. The van der Waals surface area contributed by atoms with Crippen molar-refractivity contribution in [1.29, 1.82) is 0 Å². The van der Waals surface area contributed by atoms with E-state index in [-0.39, 0.29) is 0 Å². The van der Waals surface area contributed by atoms with Gasteiger partial charge in [0.15, 0.2) is 11.6 Å². The number of furan rings is 2. The molecule has 13 rings (SSSR count). The molecule has 0 amide bonds. The second kappa shape index (κ2) is 14.0. The van der Waals surface area contributed by atoms with E-state index in [1.807, 2.05) is 36.4 Å². The van der Waals surface area contributed by atoms with Crippen molar-refractivity contribution in [2.75, 3.05) is 0 Å². The summed E-state index contributed by atoms with van der Waals surface area (Å²) in [5, 5.41) is 6.44. The molecule has 0 fully saturated rings. The molecular formula is C57H34N4O2. The third-order valence-electron chi connectivity index (χ3n) is 12.2. The Balaban J connectivity index is 1.08. The molecule has 0 unspecified atom stereocenters. The van der Waals surface area contributed by atoms with Crippen molar-refractivity contribution in [3.8, 4) is 62.1 Å². The average Bonchev–Trinajstić information content (AvgIpc) is 4.02. The highest BCUT2D eigenvalue weighted by Crippen LogP contribution is 2.41. The average molecular weight is 807 g/mol. The maximum absolute atomic E-state index is 6.62. The molecule has 0 radical (unpaired) electrons. The standard InChI is InChI=1S/C57H34N4O2/c1-4-15-35(16-5-1)39-29-40(36-17-6-2-7-18-36)31-41(30-39)56-58-55(38-27-28-45-52(32-38)63-51-26-14-23-42(54(45)51)37-19-8-3-9-20-37)59-57(60-56)61-48-24-12-10-21-43(48)46-33-47-44-22-11-13-25-50(44)62-53(47)34-49(46)61/h1-34H. The van der Waals surface area contributed by atoms with Gasteiger partial charge in [0, 0.05) is 49.5 Å². The van der Waals surface area contributed by atoms with Crippen molar-refractivity contribution in [1.82, 2.24) is 19.5 Å². The second-order valence-corrected chi connectivity index (χ2v) is 16.0. The van der Waals surface area contributed by atoms with E-state index < -0.39 is 0 Å². The van der Waals surface area contributed by atoms with Crippen LogP contribution >= 0.6 is 0 Å². The van der Waals surface area contributed by atoms with Gasteiger partial charge >= 0.3 is 0 Å². The van der Waals surface area contributed by atoms with Gasteiger partial charge in [-0.2, -0.15) is 9.97 Å². The zero-order chi connectivity index (χ0) is 41.4. The predicted octanol–water partition coefficient (Wildman–Crippen LogP) is 15.1. The lowest BCUT2D eigenvalue weighted by Crippen LogP contribution is -2.06. The molecule has 0 atom stereocenters. The number of nitrogens with zero attached hydrogens (tertiary/aromatic N) is 4. The lowest BCUT2D eigenvalue weighted by atomic mass is 9.96. The van der Waals surface area contributed by atoms with Crippen LogP contribution in [0.3, 0.4) is 0 Å². The Morgan fingerprint density at radius 1 is 0.302 bits per heavy atom. The molecule has 0 saturated carbocycles. The normalized spacial score (nSPS) is 11.8. The van der Waals surface area contributed by atoms with Crippen LogP contribution in [0, 0.1) is 0 Å². The van der Waals surface area contributed by atoms with E-state index in [9.17, 15) is 0 Å². The van der Waals surface area contributed by atoms with E-state index in [1.165, 1.54) is 0 Å². The Kier molecular flexibility index (Phi) is 7.80. The van der Waals surface area contributed by atoms with E-state index in [1.54, 1.807) is 0 Å². The fraction of sp³-hybridized carbons (Fsp3) is 0. The summed E-state index contributed by atoms with van der Waals surface area (Å²) in [5.41, 5.74) is 13.5. The summed E-state index contributed by atoms with van der Waals surface area (Å²) in [6, 6.07) is 71.5. The van der Waals surface area contributed by atoms with E-state index in [4.69, 9.17) is 23.8 Å². The van der Waals surface area contributed by atoms with Gasteiger partial charge in [-0.15, -0.1) is 0 Å². The van der Waals surface area contributed by atoms with Gasteiger partial charge in [-0.05, 0) is 88.0 Å². The van der Waals surface area contributed by atoms with E-state index in [2.05, 4.69) is 174 Å². The number of aromatic nitrogens is 4. The third kappa shape index (κ3) is 5.76. The number of para-hydroxylation sites is 2. The first-order chi connectivity index (χ1) is 31.2. The third-order valence-corrected chi connectivity index (χ3v) is 12.2. The molecule has 0 aliphatic heterocycles. The molecule has 63 heavy (non-hydrogen) atoms. The summed E-state index contributed by atoms with van der Waals surface area (Å²) in [6.07, 6.45) is 0. The van der Waals surface area contributed by atoms with Gasteiger partial charge in [-0.3, -0.25) is 4.57 Å². The molecule has 6 nitrogen and oxygen atoms in total. The van der Waals surface area contributed by atoms with Gasteiger partial charge in [0.25, 0.3) is 0 Å². The summed E-state index contributed by atoms with van der Waals surface area (Å²) in [7, 11) is 0. The van der Waals surface area contributed by atoms with Crippen LogP contribution in [0.2, 0.25) is 0 Å². The second-order valence-electron chi connectivity index (χ2n) is 16.0. The lowest BCUT2D eigenvalue weighted by Gasteiger charge is -2.13. The van der Waals surface area contributed by atoms with Crippen LogP contribution in [0.25, 0.3) is 128 Å². The van der Waals surface area contributed by atoms with Gasteiger partial charge < -0.3 is 8.83 Å². The monoisotopic (exact) mass is 806 g/mol. The molecule has 4 aromatic heterocycles. The Hall–Kier alpha value is -8.61. The molecule has 0 aliphatic carbocycles. The largest absolute Gasteiger partial charge is 0.456 e. The summed E-state index contributed by atoms with van der Waals surface area (Å²) >= 11 is 0. The van der Waals surface area contributed by atoms with Gasteiger partial charge in [0.05, 0.1) is 11.0 Å². The molecule has 0 saturated heterocycles. The summed E-state index contributed by atoms with van der Waals surface area (Å²) in [6.45, 7) is 0. The highest BCUT2D eigenvalue weighted by atomic mass is 16.3. The fourth-order valence-corrected chi connectivity index (χ4v) is 9.30. The predicted molar refractivity (Wildman–Crippen MR) is 256 cm³/mol. The molecule has 9 aromatic carbocycles. The van der Waals surface area contributed by atoms with E-state index >= 15 is 0 Å². The highest BCUT2D eigenvalue weighted by molar-refractivity contribution is 6.17. The Morgan fingerprint density at radius 3 is 1.63 bits per heavy atom.